The van der Waals surface area contributed by atoms with E-state index >= 15 is 0 Å². The number of likely N-dealkylation sites (N-methyl/N-ethyl adjacent to an activating group) is 1. The Morgan fingerprint density at radius 1 is 1.33 bits per heavy atom. The minimum atomic E-state index is -1.75. The summed E-state index contributed by atoms with van der Waals surface area (Å²) in [6.07, 6.45) is -1.61. The van der Waals surface area contributed by atoms with Crippen LogP contribution in [-0.4, -0.2) is 24.4 Å². The van der Waals surface area contributed by atoms with Crippen LogP contribution in [0.1, 0.15) is 18.6 Å². The van der Waals surface area contributed by atoms with E-state index in [2.05, 4.69) is 30.8 Å². The largest absolute Gasteiger partial charge is 0.328 e. The highest BCUT2D eigenvalue weighted by Gasteiger charge is 2.39. The second-order valence-corrected chi connectivity index (χ2v) is 8.53. The molecule has 1 heterocycles. The van der Waals surface area contributed by atoms with Crippen molar-refractivity contribution >= 4 is 18.2 Å². The monoisotopic (exact) mass is 241 g/mol. The summed E-state index contributed by atoms with van der Waals surface area (Å²) in [6.45, 7) is 4.22. The van der Waals surface area contributed by atoms with Gasteiger partial charge in [-0.25, -0.2) is 0 Å². The van der Waals surface area contributed by atoms with Crippen molar-refractivity contribution in [1.29, 1.82) is 0 Å². The summed E-state index contributed by atoms with van der Waals surface area (Å²) < 4.78 is 8.22. The van der Waals surface area contributed by atoms with E-state index < -0.39 is 6.42 Å². The van der Waals surface area contributed by atoms with E-state index in [1.807, 2.05) is 24.9 Å². The SMILES string of the molecule is C[C@@H]1[C@H](c2ccccc2)O[P@](C)(=S)N1C. The van der Waals surface area contributed by atoms with Crippen molar-refractivity contribution in [3.05, 3.63) is 35.9 Å². The molecule has 1 aromatic rings. The van der Waals surface area contributed by atoms with E-state index in [1.165, 1.54) is 5.56 Å². The Balaban J connectivity index is 2.31. The van der Waals surface area contributed by atoms with Crippen LogP contribution in [0.4, 0.5) is 0 Å². The van der Waals surface area contributed by atoms with Gasteiger partial charge in [0.05, 0.1) is 0 Å². The Kier molecular flexibility index (Phi) is 3.00. The van der Waals surface area contributed by atoms with E-state index in [4.69, 9.17) is 16.3 Å². The molecule has 2 rings (SSSR count). The molecule has 3 atom stereocenters. The minimum absolute atomic E-state index is 0.132. The van der Waals surface area contributed by atoms with Gasteiger partial charge in [-0.3, -0.25) is 4.67 Å². The Morgan fingerprint density at radius 2 is 1.93 bits per heavy atom. The molecule has 0 unspecified atom stereocenters. The lowest BCUT2D eigenvalue weighted by molar-refractivity contribution is 0.217. The average Bonchev–Trinajstić information content (AvgIpc) is 2.44. The highest BCUT2D eigenvalue weighted by Crippen LogP contribution is 2.59. The van der Waals surface area contributed by atoms with Crippen LogP contribution in [0.3, 0.4) is 0 Å². The normalized spacial score (nSPS) is 37.0. The van der Waals surface area contributed by atoms with Crippen LogP contribution in [0.2, 0.25) is 0 Å². The summed E-state index contributed by atoms with van der Waals surface area (Å²) in [5.74, 6) is 0. The van der Waals surface area contributed by atoms with Gasteiger partial charge in [-0.15, -0.1) is 0 Å². The van der Waals surface area contributed by atoms with Crippen LogP contribution in [0, 0.1) is 0 Å². The fraction of sp³-hybridized carbons (Fsp3) is 0.455. The zero-order valence-corrected chi connectivity index (χ0v) is 11.0. The van der Waals surface area contributed by atoms with Crippen LogP contribution in [-0.2, 0) is 16.3 Å². The van der Waals surface area contributed by atoms with E-state index in [0.717, 1.165) is 0 Å². The third kappa shape index (κ3) is 2.02. The number of nitrogens with zero attached hydrogens (tertiary/aromatic N) is 1. The summed E-state index contributed by atoms with van der Waals surface area (Å²) in [5.41, 5.74) is 1.23. The van der Waals surface area contributed by atoms with Crippen molar-refractivity contribution in [2.45, 2.75) is 19.1 Å². The zero-order valence-electron chi connectivity index (χ0n) is 9.25. The predicted molar refractivity (Wildman–Crippen MR) is 67.7 cm³/mol. The third-order valence-corrected chi connectivity index (χ3v) is 6.20. The van der Waals surface area contributed by atoms with Crippen molar-refractivity contribution in [3.63, 3.8) is 0 Å². The van der Waals surface area contributed by atoms with E-state index in [9.17, 15) is 0 Å². The van der Waals surface area contributed by atoms with Crippen LogP contribution in [0.25, 0.3) is 0 Å². The molecule has 1 aromatic carbocycles. The molecule has 15 heavy (non-hydrogen) atoms. The maximum absolute atomic E-state index is 6.01. The highest BCUT2D eigenvalue weighted by molar-refractivity contribution is 8.10. The molecule has 0 bridgehead atoms. The van der Waals surface area contributed by atoms with Crippen molar-refractivity contribution in [3.8, 4) is 0 Å². The molecule has 82 valence electrons. The fourth-order valence-electron chi connectivity index (χ4n) is 1.88. The second kappa shape index (κ2) is 3.99. The van der Waals surface area contributed by atoms with Gasteiger partial charge >= 0.3 is 0 Å². The lowest BCUT2D eigenvalue weighted by atomic mass is 10.0. The van der Waals surface area contributed by atoms with Crippen LogP contribution < -0.4 is 0 Å². The molecule has 0 N–H and O–H groups in total. The van der Waals surface area contributed by atoms with Crippen LogP contribution in [0.5, 0.6) is 0 Å². The fourth-order valence-corrected chi connectivity index (χ4v) is 4.26. The van der Waals surface area contributed by atoms with Crippen molar-refractivity contribution in [1.82, 2.24) is 4.67 Å². The number of hydrogen-bond donors (Lipinski definition) is 0. The first-order valence-corrected chi connectivity index (χ1v) is 8.18. The van der Waals surface area contributed by atoms with E-state index in [0.29, 0.717) is 6.04 Å². The van der Waals surface area contributed by atoms with Gasteiger partial charge in [-0.2, -0.15) is 0 Å². The first kappa shape index (κ1) is 11.3. The van der Waals surface area contributed by atoms with Crippen molar-refractivity contribution < 1.29 is 4.52 Å². The third-order valence-electron chi connectivity index (χ3n) is 3.04. The van der Waals surface area contributed by atoms with Gasteiger partial charge in [0.25, 0.3) is 0 Å². The van der Waals surface area contributed by atoms with E-state index in [1.54, 1.807) is 0 Å². The van der Waals surface area contributed by atoms with Gasteiger partial charge in [0, 0.05) is 12.7 Å². The van der Waals surface area contributed by atoms with Crippen LogP contribution in [0.15, 0.2) is 30.3 Å². The lowest BCUT2D eigenvalue weighted by Crippen LogP contribution is -2.22. The second-order valence-electron chi connectivity index (χ2n) is 4.05. The van der Waals surface area contributed by atoms with Gasteiger partial charge in [-0.1, -0.05) is 42.1 Å². The van der Waals surface area contributed by atoms with E-state index in [-0.39, 0.29) is 6.10 Å². The average molecular weight is 241 g/mol. The predicted octanol–water partition coefficient (Wildman–Crippen LogP) is 3.02. The van der Waals surface area contributed by atoms with Gasteiger partial charge in [0.15, 0.2) is 0 Å². The maximum atomic E-state index is 6.01. The molecule has 0 saturated carbocycles. The maximum Gasteiger partial charge on any atom is 0.129 e. The van der Waals surface area contributed by atoms with Gasteiger partial charge in [0.1, 0.15) is 12.5 Å². The molecule has 1 aliphatic rings. The number of benzene rings is 1. The van der Waals surface area contributed by atoms with Crippen molar-refractivity contribution in [2.24, 2.45) is 0 Å². The quantitative estimate of drug-likeness (QED) is 0.701. The van der Waals surface area contributed by atoms with Crippen LogP contribution >= 0.6 is 6.42 Å². The minimum Gasteiger partial charge on any atom is -0.328 e. The highest BCUT2D eigenvalue weighted by atomic mass is 32.4. The molecular weight excluding hydrogens is 225 g/mol. The first-order valence-electron chi connectivity index (χ1n) is 5.06. The summed E-state index contributed by atoms with van der Waals surface area (Å²) in [6, 6.07) is 10.7. The Bertz CT molecular complexity index is 395. The molecule has 0 radical (unpaired) electrons. The molecule has 0 spiro atoms. The smallest absolute Gasteiger partial charge is 0.129 e. The number of hydrogen-bond acceptors (Lipinski definition) is 2. The Hall–Kier alpha value is -0.210. The molecule has 2 nitrogen and oxygen atoms in total. The summed E-state index contributed by atoms with van der Waals surface area (Å²) in [7, 11) is 2.06. The first-order chi connectivity index (χ1) is 7.02. The molecule has 1 fully saturated rings. The molecule has 4 heteroatoms. The van der Waals surface area contributed by atoms with Gasteiger partial charge < -0.3 is 4.52 Å². The Morgan fingerprint density at radius 3 is 2.40 bits per heavy atom. The summed E-state index contributed by atoms with van der Waals surface area (Å²) >= 11 is 5.50. The standard InChI is InChI=1S/C11H16NOPS/c1-9-11(10-7-5-4-6-8-10)13-14(3,15)12(9)2/h4-9,11H,1-3H3/t9-,11-,14-/m1/s1. The molecule has 0 aliphatic carbocycles. The molecule has 1 saturated heterocycles. The Labute approximate surface area is 96.4 Å². The van der Waals surface area contributed by atoms with Gasteiger partial charge in [-0.05, 0) is 19.5 Å². The molecule has 0 aromatic heterocycles. The van der Waals surface area contributed by atoms with Crippen molar-refractivity contribution in [2.75, 3.05) is 13.7 Å². The topological polar surface area (TPSA) is 12.5 Å². The molecular formula is C11H16NOPS. The zero-order chi connectivity index (χ0) is 11.1. The number of rotatable bonds is 1. The molecule has 0 amide bonds. The molecule has 1 aliphatic heterocycles. The summed E-state index contributed by atoms with van der Waals surface area (Å²) in [4.78, 5) is 0. The summed E-state index contributed by atoms with van der Waals surface area (Å²) in [5, 5.41) is 0. The van der Waals surface area contributed by atoms with Gasteiger partial charge in [0.2, 0.25) is 0 Å². The lowest BCUT2D eigenvalue weighted by Gasteiger charge is -2.20.